The predicted molar refractivity (Wildman–Crippen MR) is 295 cm³/mol. The van der Waals surface area contributed by atoms with Gasteiger partial charge in [0.25, 0.3) is 0 Å². The molecular weight excluding hydrogens is 889 g/mol. The van der Waals surface area contributed by atoms with Gasteiger partial charge in [-0.3, -0.25) is 9.59 Å². The van der Waals surface area contributed by atoms with E-state index >= 15 is 0 Å². The van der Waals surface area contributed by atoms with Gasteiger partial charge in [-0.2, -0.15) is 0 Å². The second kappa shape index (κ2) is 31.2. The lowest BCUT2D eigenvalue weighted by atomic mass is 10.1. The molecule has 354 valence electrons. The summed E-state index contributed by atoms with van der Waals surface area (Å²) in [5.41, 5.74) is 1.61. The van der Waals surface area contributed by atoms with Crippen LogP contribution in [0.25, 0.3) is 0 Å². The van der Waals surface area contributed by atoms with Crippen LogP contribution >= 0.6 is 45.3 Å². The number of carbonyl (C=O) groups excluding carboxylic acids is 2. The van der Waals surface area contributed by atoms with Crippen molar-refractivity contribution in [2.75, 3.05) is 0 Å². The molecule has 0 amide bonds. The van der Waals surface area contributed by atoms with Gasteiger partial charge in [-0.1, -0.05) is 244 Å². The number of rotatable bonds is 36. The van der Waals surface area contributed by atoms with E-state index in [4.69, 9.17) is 0 Å². The molecule has 4 rings (SSSR count). The minimum atomic E-state index is -1.96. The molecule has 8 heteroatoms. The first-order valence-corrected chi connectivity index (χ1v) is 34.9. The molecule has 2 nitrogen and oxygen atoms in total. The Morgan fingerprint density at radius 3 is 0.938 bits per heavy atom. The summed E-state index contributed by atoms with van der Waals surface area (Å²) in [4.78, 5) is 32.7. The molecule has 0 saturated carbocycles. The molecular formula is C56H86O2S4Si2. The van der Waals surface area contributed by atoms with E-state index in [1.54, 1.807) is 22.7 Å². The van der Waals surface area contributed by atoms with Crippen LogP contribution in [0.2, 0.25) is 36.3 Å². The van der Waals surface area contributed by atoms with Crippen LogP contribution in [0.5, 0.6) is 0 Å². The molecule has 0 aliphatic carbocycles. The first-order chi connectivity index (χ1) is 31.3. The van der Waals surface area contributed by atoms with E-state index in [1.807, 2.05) is 57.7 Å². The van der Waals surface area contributed by atoms with Gasteiger partial charge in [-0.05, 0) is 55.9 Å². The topological polar surface area (TPSA) is 34.1 Å². The van der Waals surface area contributed by atoms with E-state index in [1.165, 1.54) is 199 Å². The number of hydrogen-bond acceptors (Lipinski definition) is 6. The fourth-order valence-electron chi connectivity index (χ4n) is 9.85. The van der Waals surface area contributed by atoms with Crippen molar-refractivity contribution in [1.82, 2.24) is 0 Å². The highest BCUT2D eigenvalue weighted by Gasteiger charge is 2.38. The molecule has 0 saturated heterocycles. The summed E-state index contributed by atoms with van der Waals surface area (Å²) >= 11 is 6.84. The summed E-state index contributed by atoms with van der Waals surface area (Å²) in [6, 6.07) is 20.6. The summed E-state index contributed by atoms with van der Waals surface area (Å²) < 4.78 is 3.03. The van der Waals surface area contributed by atoms with E-state index in [-0.39, 0.29) is 11.6 Å². The number of thiophene rings is 4. The van der Waals surface area contributed by atoms with Crippen molar-refractivity contribution in [1.29, 1.82) is 0 Å². The summed E-state index contributed by atoms with van der Waals surface area (Å²) in [5.74, 6) is 7.70. The Morgan fingerprint density at radius 1 is 0.422 bits per heavy atom. The Kier molecular flexibility index (Phi) is 26.7. The van der Waals surface area contributed by atoms with Crippen molar-refractivity contribution >= 4 is 82.1 Å². The largest absolute Gasteiger partial charge is 0.288 e. The van der Waals surface area contributed by atoms with Crippen LogP contribution in [0.4, 0.5) is 0 Å². The Bertz CT molecular complexity index is 1730. The predicted octanol–water partition coefficient (Wildman–Crippen LogP) is 18.6. The van der Waals surface area contributed by atoms with Gasteiger partial charge in [0.05, 0.1) is 35.7 Å². The van der Waals surface area contributed by atoms with E-state index < -0.39 is 16.1 Å². The number of carbonyl (C=O) groups is 2. The molecule has 0 atom stereocenters. The van der Waals surface area contributed by atoms with Gasteiger partial charge in [0, 0.05) is 11.1 Å². The highest BCUT2D eigenvalue weighted by atomic mass is 32.1. The second-order valence-corrected chi connectivity index (χ2v) is 32.9. The Labute approximate surface area is 410 Å². The highest BCUT2D eigenvalue weighted by Crippen LogP contribution is 2.36. The van der Waals surface area contributed by atoms with Gasteiger partial charge >= 0.3 is 0 Å². The molecule has 4 aromatic heterocycles. The third kappa shape index (κ3) is 17.0. The van der Waals surface area contributed by atoms with Crippen molar-refractivity contribution in [2.24, 2.45) is 0 Å². The van der Waals surface area contributed by atoms with Gasteiger partial charge in [0.2, 0.25) is 11.6 Å². The fourth-order valence-corrected chi connectivity index (χ4v) is 26.4. The standard InChI is InChI=1S/C56H86O2S4Si2/c1-7-13-19-25-39-63(40-26-20-14-8-2,41-27-21-15-9-3)53-45-47(55(57)51-33-31-37-59-51)49(61-53)35-36-50-48(56(58)52-34-32-38-60-52)46-54(62-50)64(42-28-22-16-10-4,43-29-23-17-11-5)44-30-24-18-12-6/h31-34,37-38,45-46H,7-30,39-44H2,1-6H3. The zero-order chi connectivity index (χ0) is 45.9. The lowest BCUT2D eigenvalue weighted by molar-refractivity contribution is 0.103. The van der Waals surface area contributed by atoms with Crippen LogP contribution in [0.1, 0.15) is 236 Å². The normalized spacial score (nSPS) is 11.9. The van der Waals surface area contributed by atoms with Crippen molar-refractivity contribution in [3.8, 4) is 11.8 Å². The van der Waals surface area contributed by atoms with Crippen molar-refractivity contribution in [3.63, 3.8) is 0 Å². The van der Waals surface area contributed by atoms with Gasteiger partial charge in [-0.15, -0.1) is 45.3 Å². The monoisotopic (exact) mass is 975 g/mol. The minimum absolute atomic E-state index is 0.118. The quantitative estimate of drug-likeness (QED) is 0.0197. The van der Waals surface area contributed by atoms with Crippen molar-refractivity contribution in [2.45, 2.75) is 232 Å². The van der Waals surface area contributed by atoms with E-state index in [0.29, 0.717) is 0 Å². The van der Waals surface area contributed by atoms with Crippen molar-refractivity contribution < 1.29 is 9.59 Å². The van der Waals surface area contributed by atoms with E-state index in [9.17, 15) is 9.59 Å². The maximum absolute atomic E-state index is 14.6. The number of ketones is 2. The van der Waals surface area contributed by atoms with E-state index in [2.05, 4.69) is 65.5 Å². The minimum Gasteiger partial charge on any atom is -0.288 e. The summed E-state index contributed by atoms with van der Waals surface area (Å²) in [6.45, 7) is 13.9. The Hall–Kier alpha value is -1.87. The SMILES string of the molecule is CCCCCC[Si](CCCCCC)(CCCCCC)c1cc(C(=O)c2cccs2)c(C#Cc2sc([Si](CCCCCC)(CCCCCC)CCCCCC)cc2C(=O)c2cccs2)s1. The summed E-state index contributed by atoms with van der Waals surface area (Å²) in [7, 11) is -3.91. The van der Waals surface area contributed by atoms with Crippen LogP contribution in [0, 0.1) is 11.8 Å². The molecule has 0 aromatic carbocycles. The van der Waals surface area contributed by atoms with Gasteiger partial charge in [0.1, 0.15) is 0 Å². The zero-order valence-corrected chi connectivity index (χ0v) is 46.5. The Morgan fingerprint density at radius 2 is 0.703 bits per heavy atom. The molecule has 0 N–H and O–H groups in total. The molecule has 0 fully saturated rings. The zero-order valence-electron chi connectivity index (χ0n) is 41.3. The second-order valence-electron chi connectivity index (χ2n) is 19.0. The average molecular weight is 976 g/mol. The molecule has 0 bridgehead atoms. The maximum Gasteiger partial charge on any atom is 0.205 e. The highest BCUT2D eigenvalue weighted by molar-refractivity contribution is 7.28. The lowest BCUT2D eigenvalue weighted by Gasteiger charge is -2.31. The molecule has 0 spiro atoms. The maximum atomic E-state index is 14.6. The van der Waals surface area contributed by atoms with Crippen LogP contribution in [0.15, 0.2) is 47.2 Å². The number of unbranched alkanes of at least 4 members (excludes halogenated alkanes) is 18. The smallest absolute Gasteiger partial charge is 0.205 e. The Balaban J connectivity index is 1.93. The molecule has 0 aliphatic heterocycles. The van der Waals surface area contributed by atoms with Crippen LogP contribution in [-0.4, -0.2) is 27.7 Å². The molecule has 0 aliphatic rings. The van der Waals surface area contributed by atoms with Crippen LogP contribution in [0.3, 0.4) is 0 Å². The fraction of sp³-hybridized carbons (Fsp3) is 0.643. The molecule has 4 aromatic rings. The molecule has 64 heavy (non-hydrogen) atoms. The van der Waals surface area contributed by atoms with E-state index in [0.717, 1.165) is 30.6 Å². The molecule has 4 heterocycles. The number of hydrogen-bond donors (Lipinski definition) is 0. The van der Waals surface area contributed by atoms with Gasteiger partial charge in [-0.25, -0.2) is 0 Å². The van der Waals surface area contributed by atoms with Gasteiger partial charge in [0.15, 0.2) is 0 Å². The van der Waals surface area contributed by atoms with Crippen LogP contribution < -0.4 is 9.00 Å². The summed E-state index contributed by atoms with van der Waals surface area (Å²) in [5, 5.41) is 4.05. The van der Waals surface area contributed by atoms with Crippen molar-refractivity contribution in [3.05, 3.63) is 77.8 Å². The summed E-state index contributed by atoms with van der Waals surface area (Å²) in [6.07, 6.45) is 30.9. The average Bonchev–Trinajstić information content (AvgIpc) is 4.17. The third-order valence-corrected chi connectivity index (χ3v) is 30.8. The third-order valence-electron chi connectivity index (χ3n) is 13.8. The first-order valence-electron chi connectivity index (χ1n) is 26.3. The van der Waals surface area contributed by atoms with Crippen LogP contribution in [-0.2, 0) is 0 Å². The first kappa shape index (κ1) is 54.7. The molecule has 0 radical (unpaired) electrons. The lowest BCUT2D eigenvalue weighted by Crippen LogP contribution is -2.46. The van der Waals surface area contributed by atoms with Gasteiger partial charge < -0.3 is 0 Å². The molecule has 0 unspecified atom stereocenters.